The number of ketones is 1. The van der Waals surface area contributed by atoms with Gasteiger partial charge in [0.1, 0.15) is 0 Å². The number of nitrogens with zero attached hydrogens (tertiary/aromatic N) is 2. The fraction of sp³-hybridized carbons (Fsp3) is 0.500. The molecule has 0 aliphatic carbocycles. The maximum absolute atomic E-state index is 13.8. The number of carbonyl (C=O) groups excluding carboxylic acids is 1. The van der Waals surface area contributed by atoms with Crippen molar-refractivity contribution in [2.45, 2.75) is 57.4 Å². The number of benzene rings is 2. The van der Waals surface area contributed by atoms with E-state index in [4.69, 9.17) is 0 Å². The number of hydrogen-bond donors (Lipinski definition) is 1. The fourth-order valence-electron chi connectivity index (χ4n) is 4.82. The number of rotatable bonds is 7. The van der Waals surface area contributed by atoms with Gasteiger partial charge in [0.15, 0.2) is 5.78 Å². The first kappa shape index (κ1) is 23.8. The lowest BCUT2D eigenvalue weighted by Gasteiger charge is -2.39. The van der Waals surface area contributed by atoms with Gasteiger partial charge in [0, 0.05) is 36.8 Å². The molecule has 4 rings (SSSR count). The van der Waals surface area contributed by atoms with Gasteiger partial charge in [-0.15, -0.1) is 0 Å². The molecule has 2 aromatic carbocycles. The Morgan fingerprint density at radius 1 is 1.09 bits per heavy atom. The van der Waals surface area contributed by atoms with Crippen LogP contribution in [0.5, 0.6) is 0 Å². The number of piperidine rings is 1. The van der Waals surface area contributed by atoms with Crippen molar-refractivity contribution in [3.05, 3.63) is 53.6 Å². The Kier molecular flexibility index (Phi) is 7.10. The lowest BCUT2D eigenvalue weighted by Crippen LogP contribution is -2.46. The summed E-state index contributed by atoms with van der Waals surface area (Å²) < 4.78 is 29.1. The van der Waals surface area contributed by atoms with E-state index in [2.05, 4.69) is 17.1 Å². The summed E-state index contributed by atoms with van der Waals surface area (Å²) in [7, 11) is -3.82. The quantitative estimate of drug-likeness (QED) is 0.657. The van der Waals surface area contributed by atoms with E-state index >= 15 is 0 Å². The van der Waals surface area contributed by atoms with Gasteiger partial charge in [0.25, 0.3) is 10.0 Å². The monoisotopic (exact) mass is 469 g/mol. The molecule has 0 bridgehead atoms. The van der Waals surface area contributed by atoms with Crippen molar-refractivity contribution in [1.82, 2.24) is 5.32 Å². The summed E-state index contributed by atoms with van der Waals surface area (Å²) in [6, 6.07) is 13.2. The van der Waals surface area contributed by atoms with E-state index in [9.17, 15) is 13.2 Å². The van der Waals surface area contributed by atoms with Crippen LogP contribution >= 0.6 is 0 Å². The standard InChI is InChI=1S/C26H35N3O3S/c1-4-20-5-7-22(8-6-20)29(18-19(2)3)33(31,32)23-9-10-25-24(17-23)26(30)13-16-28(25)21-11-14-27-15-12-21/h5-10,17,19,21,27H,4,11-16,18H2,1-3H3. The Bertz CT molecular complexity index is 1090. The van der Waals surface area contributed by atoms with E-state index in [0.717, 1.165) is 43.6 Å². The minimum atomic E-state index is -3.82. The van der Waals surface area contributed by atoms with Crippen LogP contribution in [0.4, 0.5) is 11.4 Å². The first-order chi connectivity index (χ1) is 15.8. The molecule has 0 saturated carbocycles. The van der Waals surface area contributed by atoms with Gasteiger partial charge in [-0.05, 0) is 74.2 Å². The molecule has 0 spiro atoms. The molecule has 0 unspecified atom stereocenters. The van der Waals surface area contributed by atoms with E-state index in [1.165, 1.54) is 4.31 Å². The number of nitrogens with one attached hydrogen (secondary N) is 1. The number of fused-ring (bicyclic) bond motifs is 1. The molecule has 2 aliphatic rings. The molecule has 0 aromatic heterocycles. The van der Waals surface area contributed by atoms with Crippen molar-refractivity contribution in [1.29, 1.82) is 0 Å². The lowest BCUT2D eigenvalue weighted by molar-refractivity contribution is 0.0978. The second-order valence-corrected chi connectivity index (χ2v) is 11.3. The second kappa shape index (κ2) is 9.85. The van der Waals surface area contributed by atoms with Crippen molar-refractivity contribution in [2.75, 3.05) is 35.4 Å². The zero-order chi connectivity index (χ0) is 23.6. The molecular weight excluding hydrogens is 434 g/mol. The summed E-state index contributed by atoms with van der Waals surface area (Å²) in [6.45, 7) is 9.11. The highest BCUT2D eigenvalue weighted by molar-refractivity contribution is 7.92. The molecule has 2 aliphatic heterocycles. The average Bonchev–Trinajstić information content (AvgIpc) is 2.83. The summed E-state index contributed by atoms with van der Waals surface area (Å²) >= 11 is 0. The molecule has 1 saturated heterocycles. The minimum Gasteiger partial charge on any atom is -0.367 e. The number of carbonyl (C=O) groups is 1. The minimum absolute atomic E-state index is 0.0231. The van der Waals surface area contributed by atoms with Crippen LogP contribution in [0.3, 0.4) is 0 Å². The Labute approximate surface area is 198 Å². The normalized spacial score (nSPS) is 17.3. The lowest BCUT2D eigenvalue weighted by atomic mass is 9.95. The highest BCUT2D eigenvalue weighted by Gasteiger charge is 2.32. The summed E-state index contributed by atoms with van der Waals surface area (Å²) in [5.41, 5.74) is 3.23. The first-order valence-electron chi connectivity index (χ1n) is 12.1. The van der Waals surface area contributed by atoms with Gasteiger partial charge in [0.05, 0.1) is 10.6 Å². The smallest absolute Gasteiger partial charge is 0.264 e. The van der Waals surface area contributed by atoms with E-state index in [1.807, 2.05) is 44.2 Å². The molecule has 2 aromatic rings. The third-order valence-corrected chi connectivity index (χ3v) is 8.45. The highest BCUT2D eigenvalue weighted by atomic mass is 32.2. The molecule has 1 fully saturated rings. The van der Waals surface area contributed by atoms with Gasteiger partial charge in [-0.2, -0.15) is 0 Å². The number of sulfonamides is 1. The topological polar surface area (TPSA) is 69.7 Å². The second-order valence-electron chi connectivity index (χ2n) is 9.48. The molecule has 0 radical (unpaired) electrons. The zero-order valence-corrected chi connectivity index (χ0v) is 20.7. The van der Waals surface area contributed by atoms with Crippen molar-refractivity contribution >= 4 is 27.2 Å². The zero-order valence-electron chi connectivity index (χ0n) is 19.9. The van der Waals surface area contributed by atoms with E-state index in [1.54, 1.807) is 12.1 Å². The summed E-state index contributed by atoms with van der Waals surface area (Å²) in [4.78, 5) is 15.3. The average molecular weight is 470 g/mol. The number of Topliss-reactive ketones (excluding diaryl/α,β-unsaturated/α-hetero) is 1. The largest absolute Gasteiger partial charge is 0.367 e. The number of aryl methyl sites for hydroxylation is 1. The third-order valence-electron chi connectivity index (χ3n) is 6.66. The van der Waals surface area contributed by atoms with Gasteiger partial charge < -0.3 is 10.2 Å². The van der Waals surface area contributed by atoms with Gasteiger partial charge in [-0.3, -0.25) is 9.10 Å². The van der Waals surface area contributed by atoms with E-state index < -0.39 is 10.0 Å². The molecule has 0 atom stereocenters. The van der Waals surface area contributed by atoms with E-state index in [-0.39, 0.29) is 16.6 Å². The Morgan fingerprint density at radius 2 is 1.79 bits per heavy atom. The van der Waals surface area contributed by atoms with Crippen molar-refractivity contribution in [2.24, 2.45) is 5.92 Å². The van der Waals surface area contributed by atoms with Crippen LogP contribution in [0.1, 0.15) is 56.0 Å². The summed E-state index contributed by atoms with van der Waals surface area (Å²) in [5, 5.41) is 3.39. The van der Waals surface area contributed by atoms with Crippen LogP contribution < -0.4 is 14.5 Å². The van der Waals surface area contributed by atoms with Crippen molar-refractivity contribution < 1.29 is 13.2 Å². The molecule has 1 N–H and O–H groups in total. The van der Waals surface area contributed by atoms with Crippen LogP contribution in [0, 0.1) is 5.92 Å². The van der Waals surface area contributed by atoms with Crippen LogP contribution in [0.15, 0.2) is 47.4 Å². The predicted octanol–water partition coefficient (Wildman–Crippen LogP) is 4.25. The Balaban J connectivity index is 1.71. The molecule has 178 valence electrons. The first-order valence-corrected chi connectivity index (χ1v) is 13.5. The number of anilines is 2. The highest BCUT2D eigenvalue weighted by Crippen LogP contribution is 2.34. The van der Waals surface area contributed by atoms with Crippen LogP contribution in [0.2, 0.25) is 0 Å². The maximum atomic E-state index is 13.8. The van der Waals surface area contributed by atoms with Crippen molar-refractivity contribution in [3.63, 3.8) is 0 Å². The van der Waals surface area contributed by atoms with E-state index in [0.29, 0.717) is 36.8 Å². The molecule has 2 heterocycles. The molecular formula is C26H35N3O3S. The van der Waals surface area contributed by atoms with Gasteiger partial charge in [0.2, 0.25) is 0 Å². The molecule has 6 nitrogen and oxygen atoms in total. The predicted molar refractivity (Wildman–Crippen MR) is 134 cm³/mol. The number of hydrogen-bond acceptors (Lipinski definition) is 5. The van der Waals surface area contributed by atoms with Gasteiger partial charge in [-0.25, -0.2) is 8.42 Å². The Hall–Kier alpha value is -2.38. The fourth-order valence-corrected chi connectivity index (χ4v) is 6.48. The van der Waals surface area contributed by atoms with Crippen LogP contribution in [-0.2, 0) is 16.4 Å². The summed E-state index contributed by atoms with van der Waals surface area (Å²) in [6.07, 6.45) is 3.39. The van der Waals surface area contributed by atoms with Gasteiger partial charge >= 0.3 is 0 Å². The molecule has 33 heavy (non-hydrogen) atoms. The Morgan fingerprint density at radius 3 is 2.42 bits per heavy atom. The maximum Gasteiger partial charge on any atom is 0.264 e. The van der Waals surface area contributed by atoms with Crippen molar-refractivity contribution in [3.8, 4) is 0 Å². The van der Waals surface area contributed by atoms with Crippen LogP contribution in [-0.4, -0.2) is 46.4 Å². The SMILES string of the molecule is CCc1ccc(N(CC(C)C)S(=O)(=O)c2ccc3c(c2)C(=O)CCN3C2CCNCC2)cc1. The van der Waals surface area contributed by atoms with Crippen LogP contribution in [0.25, 0.3) is 0 Å². The third kappa shape index (κ3) is 4.94. The van der Waals surface area contributed by atoms with Gasteiger partial charge in [-0.1, -0.05) is 32.9 Å². The molecule has 7 heteroatoms. The summed E-state index contributed by atoms with van der Waals surface area (Å²) in [5.74, 6) is 0.176. The molecule has 0 amide bonds.